The molecule has 5 rings (SSSR count). The molecule has 3 nitrogen and oxygen atoms in total. The molecule has 1 aromatic carbocycles. The fourth-order valence-corrected chi connectivity index (χ4v) is 5.55. The largest absolute Gasteiger partial charge is 0.337 e. The number of carbonyl (C=O) groups excluding carboxylic acids is 1. The Hall–Kier alpha value is -1.65. The zero-order valence-electron chi connectivity index (χ0n) is 13.1. The highest BCUT2D eigenvalue weighted by atomic mass is 19.1. The first-order valence-electron chi connectivity index (χ1n) is 8.52. The summed E-state index contributed by atoms with van der Waals surface area (Å²) in [6.07, 6.45) is 7.62. The average molecular weight is 320 g/mol. The molecule has 4 aliphatic rings. The van der Waals surface area contributed by atoms with E-state index in [-0.39, 0.29) is 11.1 Å². The summed E-state index contributed by atoms with van der Waals surface area (Å²) < 4.78 is 27.2. The minimum atomic E-state index is -0.755. The number of para-hydroxylation sites is 1. The number of hydrogen-bond acceptors (Lipinski definition) is 1. The van der Waals surface area contributed by atoms with Crippen molar-refractivity contribution >= 4 is 11.7 Å². The summed E-state index contributed by atoms with van der Waals surface area (Å²) in [7, 11) is 0. The van der Waals surface area contributed by atoms with Gasteiger partial charge in [-0.3, -0.25) is 0 Å². The van der Waals surface area contributed by atoms with E-state index in [1.807, 2.05) is 0 Å². The topological polar surface area (TPSA) is 41.1 Å². The van der Waals surface area contributed by atoms with Crippen LogP contribution in [0.15, 0.2) is 18.2 Å². The lowest BCUT2D eigenvalue weighted by Gasteiger charge is -2.56. The number of carbonyl (C=O) groups is 1. The smallest absolute Gasteiger partial charge is 0.319 e. The molecule has 4 bridgehead atoms. The van der Waals surface area contributed by atoms with Crippen LogP contribution < -0.4 is 10.6 Å². The number of hydrogen-bond donors (Lipinski definition) is 2. The Balaban J connectivity index is 1.39. The molecule has 0 radical (unpaired) electrons. The summed E-state index contributed by atoms with van der Waals surface area (Å²) in [5.41, 5.74) is -0.171. The van der Waals surface area contributed by atoms with Gasteiger partial charge in [0.05, 0.1) is 0 Å². The Kier molecular flexibility index (Phi) is 3.54. The predicted octanol–water partition coefficient (Wildman–Crippen LogP) is 4.30. The molecule has 0 heterocycles. The van der Waals surface area contributed by atoms with Crippen LogP contribution in [-0.2, 0) is 0 Å². The van der Waals surface area contributed by atoms with E-state index < -0.39 is 17.7 Å². The summed E-state index contributed by atoms with van der Waals surface area (Å²) >= 11 is 0. The van der Waals surface area contributed by atoms with Crippen LogP contribution in [0.2, 0.25) is 0 Å². The van der Waals surface area contributed by atoms with Crippen LogP contribution in [-0.4, -0.2) is 12.6 Å². The second kappa shape index (κ2) is 5.46. The highest BCUT2D eigenvalue weighted by Crippen LogP contribution is 2.59. The second-order valence-electron chi connectivity index (χ2n) is 7.82. The van der Waals surface area contributed by atoms with Crippen LogP contribution in [0.5, 0.6) is 0 Å². The lowest BCUT2D eigenvalue weighted by atomic mass is 9.49. The zero-order valence-corrected chi connectivity index (χ0v) is 13.1. The van der Waals surface area contributed by atoms with E-state index in [9.17, 15) is 13.6 Å². The summed E-state index contributed by atoms with van der Waals surface area (Å²) in [6.45, 7) is 0.610. The molecule has 0 aliphatic heterocycles. The Morgan fingerprint density at radius 3 is 2.09 bits per heavy atom. The monoisotopic (exact) mass is 320 g/mol. The third kappa shape index (κ3) is 2.81. The molecule has 124 valence electrons. The van der Waals surface area contributed by atoms with E-state index in [1.165, 1.54) is 44.6 Å². The van der Waals surface area contributed by atoms with E-state index in [0.717, 1.165) is 29.9 Å². The van der Waals surface area contributed by atoms with Crippen LogP contribution in [0.25, 0.3) is 0 Å². The molecule has 0 unspecified atom stereocenters. The van der Waals surface area contributed by atoms with Gasteiger partial charge in [0.2, 0.25) is 0 Å². The SMILES string of the molecule is O=C(NCC12CC3CC(CC(C3)C1)C2)Nc1c(F)cccc1F. The number of amides is 2. The van der Waals surface area contributed by atoms with Crippen LogP contribution in [0.1, 0.15) is 38.5 Å². The molecule has 2 amide bonds. The van der Waals surface area contributed by atoms with Crippen LogP contribution in [0.3, 0.4) is 0 Å². The molecule has 0 atom stereocenters. The van der Waals surface area contributed by atoms with Crippen molar-refractivity contribution in [1.82, 2.24) is 5.32 Å². The molecule has 0 saturated heterocycles. The predicted molar refractivity (Wildman–Crippen MR) is 84.0 cm³/mol. The van der Waals surface area contributed by atoms with Gasteiger partial charge in [-0.15, -0.1) is 0 Å². The van der Waals surface area contributed by atoms with Gasteiger partial charge in [-0.1, -0.05) is 6.07 Å². The number of nitrogens with one attached hydrogen (secondary N) is 2. The standard InChI is InChI=1S/C18H22F2N2O/c19-14-2-1-3-15(20)16(14)22-17(23)21-10-18-7-11-4-12(8-18)6-13(5-11)9-18/h1-3,11-13H,4-10H2,(H2,21,22,23). The van der Waals surface area contributed by atoms with Gasteiger partial charge in [-0.05, 0) is 73.8 Å². The Morgan fingerprint density at radius 2 is 1.57 bits per heavy atom. The normalized spacial score (nSPS) is 34.4. The summed E-state index contributed by atoms with van der Waals surface area (Å²) in [5.74, 6) is 0.935. The molecule has 1 aromatic rings. The van der Waals surface area contributed by atoms with Crippen LogP contribution in [0.4, 0.5) is 19.3 Å². The van der Waals surface area contributed by atoms with E-state index in [4.69, 9.17) is 0 Å². The van der Waals surface area contributed by atoms with Gasteiger partial charge in [0, 0.05) is 6.54 Å². The maximum Gasteiger partial charge on any atom is 0.319 e. The first kappa shape index (κ1) is 14.9. The van der Waals surface area contributed by atoms with Gasteiger partial charge < -0.3 is 10.6 Å². The van der Waals surface area contributed by atoms with E-state index in [0.29, 0.717) is 6.54 Å². The van der Waals surface area contributed by atoms with Gasteiger partial charge in [0.15, 0.2) is 0 Å². The molecular weight excluding hydrogens is 298 g/mol. The van der Waals surface area contributed by atoms with Crippen molar-refractivity contribution in [2.45, 2.75) is 38.5 Å². The van der Waals surface area contributed by atoms with Gasteiger partial charge >= 0.3 is 6.03 Å². The highest BCUT2D eigenvalue weighted by Gasteiger charge is 2.50. The van der Waals surface area contributed by atoms with E-state index in [1.54, 1.807) is 0 Å². The lowest BCUT2D eigenvalue weighted by Crippen LogP contribution is -2.51. The fourth-order valence-electron chi connectivity index (χ4n) is 5.55. The first-order valence-corrected chi connectivity index (χ1v) is 8.52. The van der Waals surface area contributed by atoms with Crippen molar-refractivity contribution in [2.75, 3.05) is 11.9 Å². The van der Waals surface area contributed by atoms with Crippen molar-refractivity contribution < 1.29 is 13.6 Å². The number of anilines is 1. The quantitative estimate of drug-likeness (QED) is 0.856. The molecular formula is C18H22F2N2O. The van der Waals surface area contributed by atoms with Gasteiger partial charge in [-0.25, -0.2) is 13.6 Å². The van der Waals surface area contributed by atoms with Gasteiger partial charge in [0.1, 0.15) is 17.3 Å². The average Bonchev–Trinajstić information content (AvgIpc) is 2.48. The third-order valence-electron chi connectivity index (χ3n) is 5.99. The first-order chi connectivity index (χ1) is 11.0. The minimum Gasteiger partial charge on any atom is -0.337 e. The third-order valence-corrected chi connectivity index (χ3v) is 5.99. The van der Waals surface area contributed by atoms with Crippen LogP contribution in [0, 0.1) is 34.8 Å². The maximum atomic E-state index is 13.6. The van der Waals surface area contributed by atoms with Crippen molar-refractivity contribution in [3.8, 4) is 0 Å². The summed E-state index contributed by atoms with van der Waals surface area (Å²) in [4.78, 5) is 12.1. The molecule has 23 heavy (non-hydrogen) atoms. The van der Waals surface area contributed by atoms with Gasteiger partial charge in [-0.2, -0.15) is 0 Å². The highest BCUT2D eigenvalue weighted by molar-refractivity contribution is 5.89. The Bertz CT molecular complexity index is 576. The number of halogens is 2. The number of urea groups is 1. The van der Waals surface area contributed by atoms with E-state index >= 15 is 0 Å². The minimum absolute atomic E-state index is 0.208. The number of rotatable bonds is 3. The molecule has 4 aliphatic carbocycles. The second-order valence-corrected chi connectivity index (χ2v) is 7.82. The summed E-state index contributed by atoms with van der Waals surface area (Å²) in [6, 6.07) is 3.03. The zero-order chi connectivity index (χ0) is 16.0. The maximum absolute atomic E-state index is 13.6. The van der Waals surface area contributed by atoms with Crippen molar-refractivity contribution in [3.63, 3.8) is 0 Å². The Labute approximate surface area is 134 Å². The molecule has 5 heteroatoms. The van der Waals surface area contributed by atoms with Gasteiger partial charge in [0.25, 0.3) is 0 Å². The lowest BCUT2D eigenvalue weighted by molar-refractivity contribution is -0.0496. The molecule has 0 aromatic heterocycles. The Morgan fingerprint density at radius 1 is 1.04 bits per heavy atom. The molecule has 0 spiro atoms. The van der Waals surface area contributed by atoms with Crippen molar-refractivity contribution in [1.29, 1.82) is 0 Å². The van der Waals surface area contributed by atoms with E-state index in [2.05, 4.69) is 10.6 Å². The van der Waals surface area contributed by atoms with Crippen molar-refractivity contribution in [2.24, 2.45) is 23.2 Å². The van der Waals surface area contributed by atoms with Crippen molar-refractivity contribution in [3.05, 3.63) is 29.8 Å². The molecule has 2 N–H and O–H groups in total. The molecule has 4 saturated carbocycles. The molecule has 4 fully saturated rings. The summed E-state index contributed by atoms with van der Waals surface area (Å²) in [5, 5.41) is 5.17. The fraction of sp³-hybridized carbons (Fsp3) is 0.611. The van der Waals surface area contributed by atoms with Crippen LogP contribution >= 0.6 is 0 Å². The number of benzene rings is 1.